The molecule has 0 aromatic heterocycles. The standard InChI is InChI=1S/C10H18N2O4/c11-7(2-3-8(13)14)9(15)12-6-10(16)4-1-5-10/h7,16H,1-6,11H2,(H,12,15)(H,13,14). The van der Waals surface area contributed by atoms with E-state index in [1.807, 2.05) is 0 Å². The Bertz CT molecular complexity index is 276. The van der Waals surface area contributed by atoms with Gasteiger partial charge in [0, 0.05) is 13.0 Å². The molecule has 5 N–H and O–H groups in total. The lowest BCUT2D eigenvalue weighted by Gasteiger charge is -2.36. The van der Waals surface area contributed by atoms with E-state index in [9.17, 15) is 14.7 Å². The quantitative estimate of drug-likeness (QED) is 0.477. The predicted molar refractivity (Wildman–Crippen MR) is 56.7 cm³/mol. The van der Waals surface area contributed by atoms with Crippen molar-refractivity contribution in [2.24, 2.45) is 5.73 Å². The summed E-state index contributed by atoms with van der Waals surface area (Å²) < 4.78 is 0. The normalized spacial score (nSPS) is 19.6. The molecule has 1 amide bonds. The third-order valence-corrected chi connectivity index (χ3v) is 2.88. The van der Waals surface area contributed by atoms with Crippen LogP contribution in [0.25, 0.3) is 0 Å². The SMILES string of the molecule is NC(CCC(=O)O)C(=O)NCC1(O)CCC1. The second-order valence-electron chi connectivity index (χ2n) is 4.33. The summed E-state index contributed by atoms with van der Waals surface area (Å²) in [5.74, 6) is -1.37. The molecule has 6 nitrogen and oxygen atoms in total. The van der Waals surface area contributed by atoms with Crippen LogP contribution in [0.4, 0.5) is 0 Å². The van der Waals surface area contributed by atoms with E-state index in [0.29, 0.717) is 12.8 Å². The van der Waals surface area contributed by atoms with Crippen LogP contribution in [-0.4, -0.2) is 40.3 Å². The van der Waals surface area contributed by atoms with Gasteiger partial charge in [-0.3, -0.25) is 9.59 Å². The molecule has 1 rings (SSSR count). The van der Waals surface area contributed by atoms with Gasteiger partial charge in [0.2, 0.25) is 5.91 Å². The van der Waals surface area contributed by atoms with Gasteiger partial charge in [0.05, 0.1) is 11.6 Å². The molecule has 0 saturated heterocycles. The zero-order valence-corrected chi connectivity index (χ0v) is 9.11. The molecule has 0 aromatic rings. The van der Waals surface area contributed by atoms with E-state index >= 15 is 0 Å². The van der Waals surface area contributed by atoms with E-state index in [0.717, 1.165) is 6.42 Å². The third-order valence-electron chi connectivity index (χ3n) is 2.88. The van der Waals surface area contributed by atoms with Crippen LogP contribution in [-0.2, 0) is 9.59 Å². The van der Waals surface area contributed by atoms with E-state index < -0.39 is 23.5 Å². The molecule has 0 bridgehead atoms. The minimum atomic E-state index is -0.971. The number of hydrogen-bond acceptors (Lipinski definition) is 4. The number of carbonyl (C=O) groups excluding carboxylic acids is 1. The zero-order chi connectivity index (χ0) is 12.2. The van der Waals surface area contributed by atoms with Gasteiger partial charge in [-0.2, -0.15) is 0 Å². The Morgan fingerprint density at radius 3 is 2.50 bits per heavy atom. The maximum atomic E-state index is 11.4. The maximum Gasteiger partial charge on any atom is 0.303 e. The molecule has 0 spiro atoms. The van der Waals surface area contributed by atoms with Gasteiger partial charge < -0.3 is 21.3 Å². The first-order valence-electron chi connectivity index (χ1n) is 5.40. The molecule has 0 heterocycles. The van der Waals surface area contributed by atoms with Gasteiger partial charge in [0.25, 0.3) is 0 Å². The molecule has 1 fully saturated rings. The molecule has 0 aliphatic heterocycles. The summed E-state index contributed by atoms with van der Waals surface area (Å²) in [6, 6.07) is -0.820. The number of aliphatic hydroxyl groups is 1. The minimum Gasteiger partial charge on any atom is -0.481 e. The average molecular weight is 230 g/mol. The molecule has 1 unspecified atom stereocenters. The number of carbonyl (C=O) groups is 2. The first-order valence-corrected chi connectivity index (χ1v) is 5.40. The lowest BCUT2D eigenvalue weighted by Crippen LogP contribution is -2.51. The highest BCUT2D eigenvalue weighted by molar-refractivity contribution is 5.82. The van der Waals surface area contributed by atoms with Gasteiger partial charge in [-0.25, -0.2) is 0 Å². The third kappa shape index (κ3) is 3.79. The number of carboxylic acids is 1. The maximum absolute atomic E-state index is 11.4. The largest absolute Gasteiger partial charge is 0.481 e. The van der Waals surface area contributed by atoms with Crippen molar-refractivity contribution in [3.05, 3.63) is 0 Å². The number of aliphatic carboxylic acids is 1. The lowest BCUT2D eigenvalue weighted by atomic mass is 9.80. The van der Waals surface area contributed by atoms with Crippen molar-refractivity contribution in [1.82, 2.24) is 5.32 Å². The van der Waals surface area contributed by atoms with Crippen molar-refractivity contribution in [3.8, 4) is 0 Å². The van der Waals surface area contributed by atoms with Gasteiger partial charge in [0.1, 0.15) is 0 Å². The predicted octanol–water partition coefficient (Wildman–Crippen LogP) is -0.790. The summed E-state index contributed by atoms with van der Waals surface area (Å²) in [5, 5.41) is 20.7. The molecule has 92 valence electrons. The van der Waals surface area contributed by atoms with Crippen molar-refractivity contribution < 1.29 is 19.8 Å². The molecule has 1 atom stereocenters. The second kappa shape index (κ2) is 5.27. The Morgan fingerprint density at radius 2 is 2.06 bits per heavy atom. The van der Waals surface area contributed by atoms with E-state index in [-0.39, 0.29) is 19.4 Å². The average Bonchev–Trinajstić information content (AvgIpc) is 2.19. The Labute approximate surface area is 93.8 Å². The van der Waals surface area contributed by atoms with Crippen LogP contribution < -0.4 is 11.1 Å². The van der Waals surface area contributed by atoms with Crippen molar-refractivity contribution in [2.75, 3.05) is 6.54 Å². The molecule has 1 aliphatic carbocycles. The monoisotopic (exact) mass is 230 g/mol. The van der Waals surface area contributed by atoms with Crippen molar-refractivity contribution in [1.29, 1.82) is 0 Å². The molecule has 0 radical (unpaired) electrons. The molecule has 1 aliphatic rings. The molecular weight excluding hydrogens is 212 g/mol. The van der Waals surface area contributed by atoms with Crippen LogP contribution in [0, 0.1) is 0 Å². The highest BCUT2D eigenvalue weighted by Gasteiger charge is 2.34. The number of nitrogens with two attached hydrogens (primary N) is 1. The number of rotatable bonds is 6. The van der Waals surface area contributed by atoms with E-state index in [4.69, 9.17) is 10.8 Å². The van der Waals surface area contributed by atoms with Gasteiger partial charge in [-0.05, 0) is 25.7 Å². The molecular formula is C10H18N2O4. The van der Waals surface area contributed by atoms with Crippen molar-refractivity contribution in [3.63, 3.8) is 0 Å². The van der Waals surface area contributed by atoms with Crippen LogP contribution in [0.15, 0.2) is 0 Å². The van der Waals surface area contributed by atoms with Crippen LogP contribution in [0.2, 0.25) is 0 Å². The molecule has 6 heteroatoms. The minimum absolute atomic E-state index is 0.111. The van der Waals surface area contributed by atoms with Gasteiger partial charge in [0.15, 0.2) is 0 Å². The van der Waals surface area contributed by atoms with Gasteiger partial charge in [-0.1, -0.05) is 0 Å². The van der Waals surface area contributed by atoms with Crippen LogP contribution in [0.5, 0.6) is 0 Å². The molecule has 16 heavy (non-hydrogen) atoms. The van der Waals surface area contributed by atoms with E-state index in [1.54, 1.807) is 0 Å². The number of nitrogens with one attached hydrogen (secondary N) is 1. The van der Waals surface area contributed by atoms with Crippen molar-refractivity contribution in [2.45, 2.75) is 43.7 Å². The highest BCUT2D eigenvalue weighted by atomic mass is 16.4. The summed E-state index contributed by atoms with van der Waals surface area (Å²) >= 11 is 0. The summed E-state index contributed by atoms with van der Waals surface area (Å²) in [7, 11) is 0. The fourth-order valence-corrected chi connectivity index (χ4v) is 1.55. The summed E-state index contributed by atoms with van der Waals surface area (Å²) in [4.78, 5) is 21.7. The first-order chi connectivity index (χ1) is 7.43. The number of amides is 1. The topological polar surface area (TPSA) is 113 Å². The zero-order valence-electron chi connectivity index (χ0n) is 9.11. The first kappa shape index (κ1) is 12.9. The lowest BCUT2D eigenvalue weighted by molar-refractivity contribution is -0.137. The highest BCUT2D eigenvalue weighted by Crippen LogP contribution is 2.30. The Hall–Kier alpha value is -1.14. The van der Waals surface area contributed by atoms with Crippen LogP contribution >= 0.6 is 0 Å². The molecule has 1 saturated carbocycles. The number of carboxylic acid groups (broad SMARTS) is 1. The van der Waals surface area contributed by atoms with E-state index in [2.05, 4.69) is 5.32 Å². The fraction of sp³-hybridized carbons (Fsp3) is 0.800. The number of hydrogen-bond donors (Lipinski definition) is 4. The van der Waals surface area contributed by atoms with Crippen LogP contribution in [0.1, 0.15) is 32.1 Å². The van der Waals surface area contributed by atoms with E-state index in [1.165, 1.54) is 0 Å². The Kier molecular flexibility index (Phi) is 4.26. The summed E-state index contributed by atoms with van der Waals surface area (Å²) in [5.41, 5.74) is 4.72. The smallest absolute Gasteiger partial charge is 0.303 e. The second-order valence-corrected chi connectivity index (χ2v) is 4.33. The van der Waals surface area contributed by atoms with Crippen molar-refractivity contribution >= 4 is 11.9 Å². The van der Waals surface area contributed by atoms with Gasteiger partial charge >= 0.3 is 5.97 Å². The van der Waals surface area contributed by atoms with Crippen LogP contribution in [0.3, 0.4) is 0 Å². The Balaban J connectivity index is 2.20. The fourth-order valence-electron chi connectivity index (χ4n) is 1.55. The Morgan fingerprint density at radius 1 is 1.44 bits per heavy atom. The summed E-state index contributed by atoms with van der Waals surface area (Å²) in [6.07, 6.45) is 2.34. The van der Waals surface area contributed by atoms with Gasteiger partial charge in [-0.15, -0.1) is 0 Å². The summed E-state index contributed by atoms with van der Waals surface area (Å²) in [6.45, 7) is 0.201. The molecule has 0 aromatic carbocycles.